The summed E-state index contributed by atoms with van der Waals surface area (Å²) >= 11 is 0. The highest BCUT2D eigenvalue weighted by Crippen LogP contribution is 2.03. The summed E-state index contributed by atoms with van der Waals surface area (Å²) < 4.78 is 0. The lowest BCUT2D eigenvalue weighted by molar-refractivity contribution is -0.140. The fourth-order valence-electron chi connectivity index (χ4n) is 3.51. The third-order valence-corrected chi connectivity index (χ3v) is 4.91. The van der Waals surface area contributed by atoms with Crippen LogP contribution in [0.4, 0.5) is 0 Å². The Balaban J connectivity index is 2.93. The fraction of sp³-hybridized carbons (Fsp3) is 0.750. The van der Waals surface area contributed by atoms with Crippen molar-refractivity contribution in [2.24, 2.45) is 0 Å². The molecule has 31 heavy (non-hydrogen) atoms. The van der Waals surface area contributed by atoms with Gasteiger partial charge in [-0.3, -0.25) is 34.0 Å². The summed E-state index contributed by atoms with van der Waals surface area (Å²) in [6.45, 7) is 12.1. The van der Waals surface area contributed by atoms with Gasteiger partial charge in [0, 0.05) is 70.6 Å². The van der Waals surface area contributed by atoms with E-state index in [0.29, 0.717) is 58.9 Å². The highest BCUT2D eigenvalue weighted by atomic mass is 16.4. The zero-order chi connectivity index (χ0) is 23.4. The Morgan fingerprint density at radius 3 is 1.16 bits per heavy atom. The van der Waals surface area contributed by atoms with E-state index >= 15 is 0 Å². The molecule has 1 heterocycles. The van der Waals surface area contributed by atoms with E-state index in [9.17, 15) is 29.7 Å². The van der Waals surface area contributed by atoms with E-state index in [2.05, 4.69) is 16.8 Å². The maximum Gasteiger partial charge on any atom is 0.317 e. The second-order valence-corrected chi connectivity index (χ2v) is 8.19. The molecule has 0 spiro atoms. The number of carbonyl (C=O) groups is 3. The second kappa shape index (κ2) is 14.0. The number of nitrogens with zero attached hydrogens (tertiary/aromatic N) is 4. The van der Waals surface area contributed by atoms with Gasteiger partial charge in [-0.1, -0.05) is 6.58 Å². The van der Waals surface area contributed by atoms with Crippen molar-refractivity contribution in [3.63, 3.8) is 0 Å². The normalized spacial score (nSPS) is 18.8. The van der Waals surface area contributed by atoms with Gasteiger partial charge < -0.3 is 20.6 Å². The first-order valence-electron chi connectivity index (χ1n) is 10.5. The number of hydrogen-bond acceptors (Lipinski definition) is 8. The van der Waals surface area contributed by atoms with Crippen molar-refractivity contribution in [2.75, 3.05) is 78.5 Å². The zero-order valence-electron chi connectivity index (χ0n) is 18.6. The van der Waals surface area contributed by atoms with E-state index in [1.165, 1.54) is 0 Å². The molecule has 0 aromatic carbocycles. The van der Waals surface area contributed by atoms with Gasteiger partial charge in [-0.05, 0) is 13.8 Å². The Hall–Kier alpha value is -2.21. The number of carboxylic acid groups (broad SMARTS) is 3. The average molecular weight is 444 g/mol. The number of carboxylic acids is 3. The third kappa shape index (κ3) is 12.9. The van der Waals surface area contributed by atoms with Crippen molar-refractivity contribution in [3.05, 3.63) is 12.3 Å². The van der Waals surface area contributed by atoms with Crippen LogP contribution in [0, 0.1) is 0 Å². The van der Waals surface area contributed by atoms with E-state index < -0.39 is 17.9 Å². The number of nitrogens with one attached hydrogen (secondary N) is 1. The summed E-state index contributed by atoms with van der Waals surface area (Å²) in [6, 6.07) is 0.243. The van der Waals surface area contributed by atoms with Crippen LogP contribution in [0.15, 0.2) is 12.3 Å². The molecule has 0 atom stereocenters. The van der Waals surface area contributed by atoms with Crippen molar-refractivity contribution in [1.82, 2.24) is 24.9 Å². The number of rotatable bonds is 10. The third-order valence-electron chi connectivity index (χ3n) is 4.91. The van der Waals surface area contributed by atoms with Crippen LogP contribution in [0.1, 0.15) is 13.8 Å². The van der Waals surface area contributed by atoms with E-state index in [1.54, 1.807) is 14.7 Å². The summed E-state index contributed by atoms with van der Waals surface area (Å²) in [5, 5.41) is 30.9. The number of aliphatic carboxylic acids is 3. The van der Waals surface area contributed by atoms with Crippen LogP contribution in [-0.2, 0) is 14.4 Å². The highest BCUT2D eigenvalue weighted by molar-refractivity contribution is 5.69. The molecule has 0 radical (unpaired) electrons. The van der Waals surface area contributed by atoms with Gasteiger partial charge in [-0.15, -0.1) is 0 Å². The van der Waals surface area contributed by atoms with Crippen LogP contribution < -0.4 is 5.32 Å². The standard InChI is InChI=1S/C20H37N5O6/c1-16(2)21-17(3)12-22-4-6-23(13-18(26)27)8-10-25(15-20(30)31)11-9-24(7-5-22)14-19(28)29/h16,21H,3-15H2,1-2H3,(H,26,27)(H,28,29)(H,30,31). The van der Waals surface area contributed by atoms with E-state index in [-0.39, 0.29) is 25.7 Å². The molecule has 1 fully saturated rings. The van der Waals surface area contributed by atoms with Crippen LogP contribution >= 0.6 is 0 Å². The average Bonchev–Trinajstić information content (AvgIpc) is 2.62. The lowest BCUT2D eigenvalue weighted by Gasteiger charge is -2.33. The van der Waals surface area contributed by atoms with Gasteiger partial charge in [0.15, 0.2) is 0 Å². The molecule has 0 aliphatic carbocycles. The first kappa shape index (κ1) is 26.8. The highest BCUT2D eigenvalue weighted by Gasteiger charge is 2.20. The minimum atomic E-state index is -0.969. The van der Waals surface area contributed by atoms with E-state index in [1.807, 2.05) is 13.8 Å². The summed E-state index contributed by atoms with van der Waals surface area (Å²) in [6.07, 6.45) is 0. The lowest BCUT2D eigenvalue weighted by Crippen LogP contribution is -2.49. The largest absolute Gasteiger partial charge is 0.480 e. The fourth-order valence-corrected chi connectivity index (χ4v) is 3.51. The molecule has 0 aromatic rings. The maximum atomic E-state index is 11.3. The van der Waals surface area contributed by atoms with Crippen LogP contribution in [0.3, 0.4) is 0 Å². The molecule has 1 rings (SSSR count). The lowest BCUT2D eigenvalue weighted by atomic mass is 10.3. The van der Waals surface area contributed by atoms with Crippen LogP contribution in [-0.4, -0.2) is 137 Å². The Bertz CT molecular complexity index is 583. The Morgan fingerprint density at radius 1 is 0.677 bits per heavy atom. The molecule has 0 bridgehead atoms. The Labute approximate surface area is 183 Å². The van der Waals surface area contributed by atoms with Gasteiger partial charge in [0.25, 0.3) is 0 Å². The van der Waals surface area contributed by atoms with Gasteiger partial charge >= 0.3 is 17.9 Å². The van der Waals surface area contributed by atoms with Crippen molar-refractivity contribution >= 4 is 17.9 Å². The van der Waals surface area contributed by atoms with Crippen LogP contribution in [0.2, 0.25) is 0 Å². The zero-order valence-corrected chi connectivity index (χ0v) is 18.6. The topological polar surface area (TPSA) is 137 Å². The maximum absolute atomic E-state index is 11.3. The number of hydrogen-bond donors (Lipinski definition) is 4. The van der Waals surface area contributed by atoms with Gasteiger partial charge in [-0.2, -0.15) is 0 Å². The van der Waals surface area contributed by atoms with Crippen molar-refractivity contribution < 1.29 is 29.7 Å². The van der Waals surface area contributed by atoms with Crippen molar-refractivity contribution in [3.8, 4) is 0 Å². The second-order valence-electron chi connectivity index (χ2n) is 8.19. The molecule has 178 valence electrons. The van der Waals surface area contributed by atoms with Crippen molar-refractivity contribution in [2.45, 2.75) is 19.9 Å². The summed E-state index contributed by atoms with van der Waals surface area (Å²) in [5.41, 5.74) is 0.851. The first-order valence-corrected chi connectivity index (χ1v) is 10.5. The summed E-state index contributed by atoms with van der Waals surface area (Å²) in [7, 11) is 0. The monoisotopic (exact) mass is 443 g/mol. The summed E-state index contributed by atoms with van der Waals surface area (Å²) in [4.78, 5) is 41.2. The molecular weight excluding hydrogens is 406 g/mol. The van der Waals surface area contributed by atoms with E-state index in [4.69, 9.17) is 0 Å². The quantitative estimate of drug-likeness (QED) is 0.330. The summed E-state index contributed by atoms with van der Waals surface area (Å²) in [5.74, 6) is -2.83. The molecule has 0 saturated carbocycles. The van der Waals surface area contributed by atoms with Gasteiger partial charge in [0.1, 0.15) is 0 Å². The Morgan fingerprint density at radius 2 is 0.935 bits per heavy atom. The minimum Gasteiger partial charge on any atom is -0.480 e. The minimum absolute atomic E-state index is 0.120. The molecule has 0 amide bonds. The molecule has 11 heteroatoms. The van der Waals surface area contributed by atoms with Gasteiger partial charge in [0.2, 0.25) is 0 Å². The molecule has 11 nitrogen and oxygen atoms in total. The predicted octanol–water partition coefficient (Wildman–Crippen LogP) is -1.03. The van der Waals surface area contributed by atoms with E-state index in [0.717, 1.165) is 5.70 Å². The molecule has 4 N–H and O–H groups in total. The van der Waals surface area contributed by atoms with Crippen LogP contribution in [0.5, 0.6) is 0 Å². The van der Waals surface area contributed by atoms with Crippen LogP contribution in [0.25, 0.3) is 0 Å². The molecule has 1 saturated heterocycles. The van der Waals surface area contributed by atoms with Crippen molar-refractivity contribution in [1.29, 1.82) is 0 Å². The molecule has 0 aromatic heterocycles. The van der Waals surface area contributed by atoms with Gasteiger partial charge in [-0.25, -0.2) is 0 Å². The SMILES string of the molecule is C=C(CN1CCN(CC(=O)O)CCN(CC(=O)O)CCN(CC(=O)O)CC1)NC(C)C. The molecule has 0 unspecified atom stereocenters. The first-order chi connectivity index (χ1) is 14.5. The van der Waals surface area contributed by atoms with Gasteiger partial charge in [0.05, 0.1) is 19.6 Å². The molecule has 1 aliphatic heterocycles. The molecular formula is C20H37N5O6. The predicted molar refractivity (Wildman–Crippen MR) is 116 cm³/mol. The smallest absolute Gasteiger partial charge is 0.317 e. The Kier molecular flexibility index (Phi) is 12.1. The molecule has 1 aliphatic rings.